The Bertz CT molecular complexity index is 1400. The summed E-state index contributed by atoms with van der Waals surface area (Å²) in [5.41, 5.74) is 0.919. The average Bonchev–Trinajstić information content (AvgIpc) is 3.33. The van der Waals surface area contributed by atoms with Gasteiger partial charge in [-0.05, 0) is 29.8 Å². The van der Waals surface area contributed by atoms with Gasteiger partial charge >= 0.3 is 0 Å². The lowest BCUT2D eigenvalue weighted by Crippen LogP contribution is -2.33. The van der Waals surface area contributed by atoms with Crippen LogP contribution in [0, 0.1) is 5.82 Å². The van der Waals surface area contributed by atoms with Crippen molar-refractivity contribution >= 4 is 21.6 Å². The maximum atomic E-state index is 14.4. The summed E-state index contributed by atoms with van der Waals surface area (Å²) in [6, 6.07) is 13.9. The second-order valence-corrected chi connectivity index (χ2v) is 9.86. The Labute approximate surface area is 208 Å². The molecule has 9 nitrogen and oxygen atoms in total. The van der Waals surface area contributed by atoms with Gasteiger partial charge in [0.25, 0.3) is 5.91 Å². The summed E-state index contributed by atoms with van der Waals surface area (Å²) in [5, 5.41) is 2.79. The molecule has 0 saturated carbocycles. The Morgan fingerprint density at radius 1 is 1.03 bits per heavy atom. The smallest absolute Gasteiger partial charge is 0.253 e. The van der Waals surface area contributed by atoms with Gasteiger partial charge in [-0.3, -0.25) is 9.10 Å². The molecular formula is C25H25FN2O7S. The lowest BCUT2D eigenvalue weighted by atomic mass is 10.1. The molecule has 190 valence electrons. The molecule has 11 heteroatoms. The van der Waals surface area contributed by atoms with Gasteiger partial charge in [0.1, 0.15) is 5.82 Å². The van der Waals surface area contributed by atoms with Crippen molar-refractivity contribution in [2.75, 3.05) is 31.6 Å². The van der Waals surface area contributed by atoms with E-state index in [1.807, 2.05) is 0 Å². The van der Waals surface area contributed by atoms with Crippen LogP contribution in [0.1, 0.15) is 21.5 Å². The van der Waals surface area contributed by atoms with E-state index in [-0.39, 0.29) is 48.2 Å². The third-order valence-corrected chi connectivity index (χ3v) is 6.70. The van der Waals surface area contributed by atoms with Crippen LogP contribution < -0.4 is 28.6 Å². The first kappa shape index (κ1) is 25.1. The summed E-state index contributed by atoms with van der Waals surface area (Å²) >= 11 is 0. The molecule has 3 aromatic rings. The Hall–Kier alpha value is -3.99. The average molecular weight is 517 g/mol. The van der Waals surface area contributed by atoms with Crippen LogP contribution in [0.3, 0.4) is 0 Å². The summed E-state index contributed by atoms with van der Waals surface area (Å²) in [7, 11) is -1.15. The molecule has 0 saturated heterocycles. The van der Waals surface area contributed by atoms with Crippen LogP contribution in [-0.2, 0) is 23.1 Å². The summed E-state index contributed by atoms with van der Waals surface area (Å²) in [6.45, 7) is -0.0671. The summed E-state index contributed by atoms with van der Waals surface area (Å²) in [4.78, 5) is 13.3. The largest absolute Gasteiger partial charge is 0.493 e. The molecule has 0 radical (unpaired) electrons. The van der Waals surface area contributed by atoms with Crippen molar-refractivity contribution < 1.29 is 36.6 Å². The fraction of sp³-hybridized carbons (Fsp3) is 0.240. The van der Waals surface area contributed by atoms with Crippen LogP contribution in [-0.4, -0.2) is 41.6 Å². The molecule has 1 heterocycles. The van der Waals surface area contributed by atoms with E-state index in [1.54, 1.807) is 24.3 Å². The molecule has 0 atom stereocenters. The van der Waals surface area contributed by atoms with E-state index in [0.29, 0.717) is 11.5 Å². The van der Waals surface area contributed by atoms with E-state index in [2.05, 4.69) is 5.32 Å². The molecule has 36 heavy (non-hydrogen) atoms. The van der Waals surface area contributed by atoms with Crippen molar-refractivity contribution in [3.8, 4) is 23.0 Å². The minimum absolute atomic E-state index is 0.00941. The first-order chi connectivity index (χ1) is 17.2. The highest BCUT2D eigenvalue weighted by molar-refractivity contribution is 7.92. The molecule has 1 N–H and O–H groups in total. The zero-order valence-corrected chi connectivity index (χ0v) is 20.7. The summed E-state index contributed by atoms with van der Waals surface area (Å²) < 4.78 is 62.4. The third kappa shape index (κ3) is 5.30. The number of rotatable bonds is 9. The SMILES string of the molecule is COc1cc(C(=O)NCc2ccc3c(c2)OCO3)c(N(Cc2ccccc2F)S(C)(=O)=O)cc1OC. The van der Waals surface area contributed by atoms with E-state index in [9.17, 15) is 17.6 Å². The van der Waals surface area contributed by atoms with Gasteiger partial charge < -0.3 is 24.3 Å². The number of nitrogens with zero attached hydrogens (tertiary/aromatic N) is 1. The quantitative estimate of drug-likeness (QED) is 0.465. The summed E-state index contributed by atoms with van der Waals surface area (Å²) in [5.74, 6) is 0.493. The molecule has 1 aliphatic rings. The van der Waals surface area contributed by atoms with Gasteiger partial charge in [0.2, 0.25) is 16.8 Å². The number of carbonyl (C=O) groups excluding carboxylic acids is 1. The molecule has 4 rings (SSSR count). The van der Waals surface area contributed by atoms with Crippen LogP contribution in [0.2, 0.25) is 0 Å². The van der Waals surface area contributed by atoms with Crippen LogP contribution in [0.5, 0.6) is 23.0 Å². The number of methoxy groups -OCH3 is 2. The molecule has 0 spiro atoms. The normalized spacial score (nSPS) is 12.2. The summed E-state index contributed by atoms with van der Waals surface area (Å²) in [6.07, 6.45) is 0.985. The fourth-order valence-corrected chi connectivity index (χ4v) is 4.63. The molecule has 0 aliphatic carbocycles. The zero-order valence-electron chi connectivity index (χ0n) is 19.9. The molecule has 3 aromatic carbocycles. The van der Waals surface area contributed by atoms with Crippen LogP contribution in [0.15, 0.2) is 54.6 Å². The number of amides is 1. The van der Waals surface area contributed by atoms with Crippen molar-refractivity contribution in [2.24, 2.45) is 0 Å². The Morgan fingerprint density at radius 2 is 1.72 bits per heavy atom. The van der Waals surface area contributed by atoms with Crippen molar-refractivity contribution in [2.45, 2.75) is 13.1 Å². The van der Waals surface area contributed by atoms with Gasteiger partial charge in [-0.25, -0.2) is 12.8 Å². The monoisotopic (exact) mass is 516 g/mol. The van der Waals surface area contributed by atoms with Gasteiger partial charge in [-0.1, -0.05) is 24.3 Å². The van der Waals surface area contributed by atoms with E-state index in [4.69, 9.17) is 18.9 Å². The second-order valence-electron chi connectivity index (χ2n) is 7.96. The van der Waals surface area contributed by atoms with Crippen LogP contribution in [0.4, 0.5) is 10.1 Å². The topological polar surface area (TPSA) is 103 Å². The Balaban J connectivity index is 1.71. The predicted molar refractivity (Wildman–Crippen MR) is 131 cm³/mol. The maximum absolute atomic E-state index is 14.4. The number of ether oxygens (including phenoxy) is 4. The number of carbonyl (C=O) groups is 1. The number of sulfonamides is 1. The minimum atomic E-state index is -3.95. The number of benzene rings is 3. The fourth-order valence-electron chi connectivity index (χ4n) is 3.75. The highest BCUT2D eigenvalue weighted by atomic mass is 32.2. The highest BCUT2D eigenvalue weighted by Crippen LogP contribution is 2.37. The van der Waals surface area contributed by atoms with Crippen molar-refractivity contribution in [3.05, 3.63) is 77.1 Å². The number of nitrogens with one attached hydrogen (secondary N) is 1. The molecule has 1 amide bonds. The van der Waals surface area contributed by atoms with Gasteiger partial charge in [-0.15, -0.1) is 0 Å². The first-order valence-electron chi connectivity index (χ1n) is 10.8. The lowest BCUT2D eigenvalue weighted by molar-refractivity contribution is 0.0951. The van der Waals surface area contributed by atoms with E-state index >= 15 is 0 Å². The zero-order chi connectivity index (χ0) is 25.9. The molecule has 0 unspecified atom stereocenters. The van der Waals surface area contributed by atoms with Crippen molar-refractivity contribution in [1.29, 1.82) is 0 Å². The second kappa shape index (κ2) is 10.3. The standard InChI is InChI=1S/C25H25FN2O7S/c1-32-22-11-18(25(29)27-13-16-8-9-21-24(10-16)35-15-34-21)20(12-23(22)33-2)28(36(3,30)31)14-17-6-4-5-7-19(17)26/h4-12H,13-15H2,1-3H3,(H,27,29). The number of fused-ring (bicyclic) bond motifs is 1. The van der Waals surface area contributed by atoms with Crippen molar-refractivity contribution in [3.63, 3.8) is 0 Å². The number of anilines is 1. The van der Waals surface area contributed by atoms with Crippen LogP contribution >= 0.6 is 0 Å². The molecule has 0 bridgehead atoms. The lowest BCUT2D eigenvalue weighted by Gasteiger charge is -2.26. The Kier molecular flexibility index (Phi) is 7.20. The van der Waals surface area contributed by atoms with Gasteiger partial charge in [-0.2, -0.15) is 0 Å². The van der Waals surface area contributed by atoms with Gasteiger partial charge in [0.05, 0.1) is 38.3 Å². The van der Waals surface area contributed by atoms with Crippen molar-refractivity contribution in [1.82, 2.24) is 5.32 Å². The van der Waals surface area contributed by atoms with E-state index < -0.39 is 21.7 Å². The minimum Gasteiger partial charge on any atom is -0.493 e. The molecule has 0 fully saturated rings. The highest BCUT2D eigenvalue weighted by Gasteiger charge is 2.27. The van der Waals surface area contributed by atoms with E-state index in [0.717, 1.165) is 16.1 Å². The van der Waals surface area contributed by atoms with E-state index in [1.165, 1.54) is 44.6 Å². The molecule has 1 aliphatic heterocycles. The van der Waals surface area contributed by atoms with Gasteiger partial charge in [0.15, 0.2) is 23.0 Å². The molecular weight excluding hydrogens is 491 g/mol. The number of hydrogen-bond acceptors (Lipinski definition) is 7. The Morgan fingerprint density at radius 3 is 2.42 bits per heavy atom. The number of halogens is 1. The van der Waals surface area contributed by atoms with Gasteiger partial charge in [0, 0.05) is 18.2 Å². The third-order valence-electron chi connectivity index (χ3n) is 5.58. The first-order valence-corrected chi connectivity index (χ1v) is 12.7. The maximum Gasteiger partial charge on any atom is 0.253 e. The number of hydrogen-bond donors (Lipinski definition) is 1. The molecule has 0 aromatic heterocycles. The predicted octanol–water partition coefficient (Wildman–Crippen LogP) is 3.47. The van der Waals surface area contributed by atoms with Crippen LogP contribution in [0.25, 0.3) is 0 Å².